The predicted octanol–water partition coefficient (Wildman–Crippen LogP) is 0.861. The SMILES string of the molecule is CN1CC(C(F)(F)F)CC1CO. The highest BCUT2D eigenvalue weighted by Gasteiger charge is 2.45. The van der Waals surface area contributed by atoms with Crippen molar-refractivity contribution < 1.29 is 18.3 Å². The number of hydrogen-bond acceptors (Lipinski definition) is 2. The Morgan fingerprint density at radius 2 is 2.08 bits per heavy atom. The molecule has 2 nitrogen and oxygen atoms in total. The lowest BCUT2D eigenvalue weighted by molar-refractivity contribution is -0.170. The number of likely N-dealkylation sites (N-methyl/N-ethyl adjacent to an activating group) is 1. The van der Waals surface area contributed by atoms with Crippen LogP contribution in [0.25, 0.3) is 0 Å². The van der Waals surface area contributed by atoms with Crippen LogP contribution in [0.1, 0.15) is 6.42 Å². The molecular weight excluding hydrogens is 171 g/mol. The summed E-state index contributed by atoms with van der Waals surface area (Å²) in [5, 5.41) is 8.71. The third-order valence-corrected chi connectivity index (χ3v) is 2.36. The number of likely N-dealkylation sites (tertiary alicyclic amines) is 1. The van der Waals surface area contributed by atoms with Crippen molar-refractivity contribution in [1.82, 2.24) is 4.90 Å². The number of nitrogens with zero attached hydrogens (tertiary/aromatic N) is 1. The molecule has 0 amide bonds. The van der Waals surface area contributed by atoms with Crippen LogP contribution in [0.3, 0.4) is 0 Å². The topological polar surface area (TPSA) is 23.5 Å². The molecule has 0 bridgehead atoms. The monoisotopic (exact) mass is 183 g/mol. The highest BCUT2D eigenvalue weighted by atomic mass is 19.4. The quantitative estimate of drug-likeness (QED) is 0.651. The molecule has 0 spiro atoms. The minimum atomic E-state index is -4.11. The average Bonchev–Trinajstić information content (AvgIpc) is 2.29. The highest BCUT2D eigenvalue weighted by molar-refractivity contribution is 4.86. The Bertz CT molecular complexity index is 159. The van der Waals surface area contributed by atoms with Crippen molar-refractivity contribution in [2.24, 2.45) is 5.92 Å². The Kier molecular flexibility index (Phi) is 2.63. The second-order valence-electron chi connectivity index (χ2n) is 3.25. The fourth-order valence-electron chi connectivity index (χ4n) is 1.53. The van der Waals surface area contributed by atoms with Crippen molar-refractivity contribution in [3.05, 3.63) is 0 Å². The van der Waals surface area contributed by atoms with Crippen molar-refractivity contribution in [2.45, 2.75) is 18.6 Å². The van der Waals surface area contributed by atoms with E-state index in [0.29, 0.717) is 0 Å². The van der Waals surface area contributed by atoms with E-state index in [0.717, 1.165) is 0 Å². The third-order valence-electron chi connectivity index (χ3n) is 2.36. The standard InChI is InChI=1S/C7H12F3NO/c1-11-3-5(7(8,9)10)2-6(11)4-12/h5-6,12H,2-4H2,1H3. The van der Waals surface area contributed by atoms with Gasteiger partial charge < -0.3 is 10.0 Å². The summed E-state index contributed by atoms with van der Waals surface area (Å²) in [6.07, 6.45) is -4.09. The summed E-state index contributed by atoms with van der Waals surface area (Å²) in [5.74, 6) is -1.26. The van der Waals surface area contributed by atoms with Crippen molar-refractivity contribution in [1.29, 1.82) is 0 Å². The fraction of sp³-hybridized carbons (Fsp3) is 1.00. The smallest absolute Gasteiger partial charge is 0.393 e. The summed E-state index contributed by atoms with van der Waals surface area (Å²) >= 11 is 0. The molecule has 0 radical (unpaired) electrons. The van der Waals surface area contributed by atoms with E-state index in [1.807, 2.05) is 0 Å². The van der Waals surface area contributed by atoms with E-state index < -0.39 is 12.1 Å². The van der Waals surface area contributed by atoms with Crippen LogP contribution < -0.4 is 0 Å². The second-order valence-corrected chi connectivity index (χ2v) is 3.25. The molecule has 0 aliphatic carbocycles. The van der Waals surface area contributed by atoms with Crippen LogP contribution in [0.5, 0.6) is 0 Å². The maximum absolute atomic E-state index is 12.1. The Balaban J connectivity index is 2.54. The van der Waals surface area contributed by atoms with Gasteiger partial charge >= 0.3 is 6.18 Å². The number of alkyl halides is 3. The van der Waals surface area contributed by atoms with Crippen molar-refractivity contribution in [3.8, 4) is 0 Å². The molecule has 0 aromatic carbocycles. The first-order valence-corrected chi connectivity index (χ1v) is 3.83. The van der Waals surface area contributed by atoms with E-state index >= 15 is 0 Å². The zero-order valence-electron chi connectivity index (χ0n) is 6.80. The number of aliphatic hydroxyl groups excluding tert-OH is 1. The van der Waals surface area contributed by atoms with Crippen LogP contribution in [0.4, 0.5) is 13.2 Å². The summed E-state index contributed by atoms with van der Waals surface area (Å²) in [7, 11) is 1.60. The molecule has 1 fully saturated rings. The minimum absolute atomic E-state index is 0.00866. The van der Waals surface area contributed by atoms with E-state index in [9.17, 15) is 13.2 Å². The molecule has 72 valence electrons. The maximum Gasteiger partial charge on any atom is 0.393 e. The van der Waals surface area contributed by atoms with Crippen molar-refractivity contribution >= 4 is 0 Å². The van der Waals surface area contributed by atoms with Crippen LogP contribution in [-0.4, -0.2) is 42.4 Å². The molecule has 1 rings (SSSR count). The molecule has 1 N–H and O–H groups in total. The molecule has 1 aliphatic heterocycles. The lowest BCUT2D eigenvalue weighted by Crippen LogP contribution is -2.28. The van der Waals surface area contributed by atoms with Crippen LogP contribution in [0.15, 0.2) is 0 Å². The molecule has 1 aliphatic rings. The first kappa shape index (κ1) is 9.80. The minimum Gasteiger partial charge on any atom is -0.395 e. The Morgan fingerprint density at radius 1 is 1.50 bits per heavy atom. The molecule has 12 heavy (non-hydrogen) atoms. The fourth-order valence-corrected chi connectivity index (χ4v) is 1.53. The Labute approximate surface area is 69.0 Å². The molecule has 0 saturated carbocycles. The van der Waals surface area contributed by atoms with E-state index in [1.54, 1.807) is 11.9 Å². The number of halogens is 3. The van der Waals surface area contributed by atoms with Gasteiger partial charge in [-0.3, -0.25) is 0 Å². The normalized spacial score (nSPS) is 32.8. The van der Waals surface area contributed by atoms with Gasteiger partial charge in [-0.25, -0.2) is 0 Å². The lowest BCUT2D eigenvalue weighted by Gasteiger charge is -2.15. The summed E-state index contributed by atoms with van der Waals surface area (Å²) in [4.78, 5) is 1.55. The van der Waals surface area contributed by atoms with Crippen molar-refractivity contribution in [2.75, 3.05) is 20.2 Å². The third kappa shape index (κ3) is 1.90. The molecule has 0 aromatic rings. The van der Waals surface area contributed by atoms with Gasteiger partial charge in [0.2, 0.25) is 0 Å². The number of aliphatic hydroxyl groups is 1. The summed E-state index contributed by atoms with van der Waals surface area (Å²) in [6, 6.07) is -0.323. The first-order chi connectivity index (χ1) is 5.45. The number of hydrogen-bond donors (Lipinski definition) is 1. The second kappa shape index (κ2) is 3.22. The molecule has 2 atom stereocenters. The zero-order valence-corrected chi connectivity index (χ0v) is 6.80. The first-order valence-electron chi connectivity index (χ1n) is 3.83. The van der Waals surface area contributed by atoms with Gasteiger partial charge in [0.25, 0.3) is 0 Å². The van der Waals surface area contributed by atoms with Gasteiger partial charge in [-0.15, -0.1) is 0 Å². The molecular formula is C7H12F3NO. The van der Waals surface area contributed by atoms with E-state index in [2.05, 4.69) is 0 Å². The summed E-state index contributed by atoms with van der Waals surface area (Å²) in [5.41, 5.74) is 0. The van der Waals surface area contributed by atoms with Crippen molar-refractivity contribution in [3.63, 3.8) is 0 Å². The van der Waals surface area contributed by atoms with Gasteiger partial charge in [0.05, 0.1) is 12.5 Å². The largest absolute Gasteiger partial charge is 0.395 e. The van der Waals surface area contributed by atoms with Gasteiger partial charge in [-0.05, 0) is 13.5 Å². The van der Waals surface area contributed by atoms with E-state index in [4.69, 9.17) is 5.11 Å². The molecule has 1 heterocycles. The Morgan fingerprint density at radius 3 is 2.33 bits per heavy atom. The van der Waals surface area contributed by atoms with Gasteiger partial charge in [0.1, 0.15) is 0 Å². The predicted molar refractivity (Wildman–Crippen MR) is 37.7 cm³/mol. The van der Waals surface area contributed by atoms with E-state index in [-0.39, 0.29) is 25.6 Å². The average molecular weight is 183 g/mol. The van der Waals surface area contributed by atoms with Gasteiger partial charge in [-0.2, -0.15) is 13.2 Å². The summed E-state index contributed by atoms with van der Waals surface area (Å²) in [6.45, 7) is -0.183. The van der Waals surface area contributed by atoms with Crippen LogP contribution in [0.2, 0.25) is 0 Å². The lowest BCUT2D eigenvalue weighted by atomic mass is 10.1. The maximum atomic E-state index is 12.1. The van der Waals surface area contributed by atoms with Gasteiger partial charge in [-0.1, -0.05) is 0 Å². The van der Waals surface area contributed by atoms with Crippen LogP contribution >= 0.6 is 0 Å². The number of rotatable bonds is 1. The highest BCUT2D eigenvalue weighted by Crippen LogP contribution is 2.35. The van der Waals surface area contributed by atoms with Crippen LogP contribution in [0, 0.1) is 5.92 Å². The van der Waals surface area contributed by atoms with Crippen LogP contribution in [-0.2, 0) is 0 Å². The molecule has 5 heteroatoms. The van der Waals surface area contributed by atoms with Gasteiger partial charge in [0, 0.05) is 12.6 Å². The zero-order chi connectivity index (χ0) is 9.35. The molecule has 2 unspecified atom stereocenters. The Hall–Kier alpha value is -0.290. The molecule has 1 saturated heterocycles. The van der Waals surface area contributed by atoms with E-state index in [1.165, 1.54) is 0 Å². The summed E-state index contributed by atoms with van der Waals surface area (Å²) < 4.78 is 36.4. The molecule has 0 aromatic heterocycles. The van der Waals surface area contributed by atoms with Gasteiger partial charge in [0.15, 0.2) is 0 Å².